The van der Waals surface area contributed by atoms with Crippen molar-refractivity contribution in [3.63, 3.8) is 0 Å². The van der Waals surface area contributed by atoms with Crippen molar-refractivity contribution in [1.29, 1.82) is 0 Å². The minimum atomic E-state index is 0.423. The molecule has 4 heteroatoms. The Hall–Kier alpha value is -1.16. The van der Waals surface area contributed by atoms with Gasteiger partial charge in [0.2, 0.25) is 0 Å². The molecule has 82 valence electrons. The highest BCUT2D eigenvalue weighted by molar-refractivity contribution is 5.34. The first-order valence-electron chi connectivity index (χ1n) is 5.40. The molecule has 1 aliphatic rings. The van der Waals surface area contributed by atoms with E-state index in [9.17, 15) is 0 Å². The molecule has 4 nitrogen and oxygen atoms in total. The highest BCUT2D eigenvalue weighted by Gasteiger charge is 2.18. The van der Waals surface area contributed by atoms with Crippen molar-refractivity contribution in [3.05, 3.63) is 18.1 Å². The fourth-order valence-corrected chi connectivity index (χ4v) is 1.47. The van der Waals surface area contributed by atoms with Crippen LogP contribution in [0, 0.1) is 5.92 Å². The van der Waals surface area contributed by atoms with Crippen molar-refractivity contribution in [2.45, 2.75) is 26.3 Å². The van der Waals surface area contributed by atoms with Gasteiger partial charge in [-0.25, -0.2) is 9.97 Å². The summed E-state index contributed by atoms with van der Waals surface area (Å²) in [6, 6.07) is 2.33. The van der Waals surface area contributed by atoms with Gasteiger partial charge in [0.25, 0.3) is 0 Å². The lowest BCUT2D eigenvalue weighted by Crippen LogP contribution is -2.40. The van der Waals surface area contributed by atoms with Gasteiger partial charge in [-0.1, -0.05) is 13.8 Å². The summed E-state index contributed by atoms with van der Waals surface area (Å²) in [4.78, 5) is 8.71. The van der Waals surface area contributed by atoms with E-state index in [1.807, 2.05) is 12.3 Å². The largest absolute Gasteiger partial charge is 0.377 e. The number of rotatable bonds is 4. The molecule has 0 spiro atoms. The first-order chi connectivity index (χ1) is 7.24. The minimum absolute atomic E-state index is 0.423. The lowest BCUT2D eigenvalue weighted by Gasteiger charge is -2.27. The predicted octanol–water partition coefficient (Wildman–Crippen LogP) is 1.49. The predicted molar refractivity (Wildman–Crippen MR) is 58.8 cm³/mol. The molecule has 1 fully saturated rings. The summed E-state index contributed by atoms with van der Waals surface area (Å²) in [7, 11) is 0. The van der Waals surface area contributed by atoms with E-state index in [-0.39, 0.29) is 0 Å². The van der Waals surface area contributed by atoms with Gasteiger partial charge in [0.1, 0.15) is 11.6 Å². The molecule has 0 amide bonds. The lowest BCUT2D eigenvalue weighted by molar-refractivity contribution is 0.0209. The second kappa shape index (κ2) is 4.57. The second-order valence-electron chi connectivity index (χ2n) is 4.33. The summed E-state index contributed by atoms with van der Waals surface area (Å²) in [5.74, 6) is 2.41. The Morgan fingerprint density at radius 1 is 1.53 bits per heavy atom. The monoisotopic (exact) mass is 207 g/mol. The fraction of sp³-hybridized carbons (Fsp3) is 0.636. The smallest absolute Gasteiger partial charge is 0.130 e. The third kappa shape index (κ3) is 2.89. The van der Waals surface area contributed by atoms with Crippen LogP contribution in [0.3, 0.4) is 0 Å². The fourth-order valence-electron chi connectivity index (χ4n) is 1.47. The topological polar surface area (TPSA) is 47.0 Å². The van der Waals surface area contributed by atoms with Gasteiger partial charge in [-0.3, -0.25) is 0 Å². The summed E-state index contributed by atoms with van der Waals surface area (Å²) in [6.45, 7) is 5.90. The molecular formula is C11H17N3O. The number of ether oxygens (including phenoxy) is 1. The number of anilines is 1. The van der Waals surface area contributed by atoms with Crippen molar-refractivity contribution in [2.75, 3.05) is 18.5 Å². The summed E-state index contributed by atoms with van der Waals surface area (Å²) >= 11 is 0. The Bertz CT molecular complexity index is 323. The van der Waals surface area contributed by atoms with E-state index in [1.54, 1.807) is 0 Å². The highest BCUT2D eigenvalue weighted by atomic mass is 16.5. The molecule has 1 aromatic rings. The molecule has 0 bridgehead atoms. The van der Waals surface area contributed by atoms with Crippen LogP contribution in [-0.4, -0.2) is 29.2 Å². The maximum Gasteiger partial charge on any atom is 0.130 e. The van der Waals surface area contributed by atoms with Crippen LogP contribution >= 0.6 is 0 Å². The van der Waals surface area contributed by atoms with Crippen molar-refractivity contribution in [1.82, 2.24) is 9.97 Å². The van der Waals surface area contributed by atoms with Crippen LogP contribution in [0.5, 0.6) is 0 Å². The number of nitrogens with zero attached hydrogens (tertiary/aromatic N) is 2. The van der Waals surface area contributed by atoms with Crippen LogP contribution in [0.15, 0.2) is 12.3 Å². The maximum absolute atomic E-state index is 5.10. The Labute approximate surface area is 90.1 Å². The summed E-state index contributed by atoms with van der Waals surface area (Å²) in [5.41, 5.74) is 0. The van der Waals surface area contributed by atoms with Crippen molar-refractivity contribution >= 4 is 5.82 Å². The molecule has 0 aromatic carbocycles. The van der Waals surface area contributed by atoms with Crippen molar-refractivity contribution < 1.29 is 4.74 Å². The van der Waals surface area contributed by atoms with Gasteiger partial charge in [0.05, 0.1) is 19.3 Å². The molecule has 2 heterocycles. The van der Waals surface area contributed by atoms with E-state index in [1.165, 1.54) is 0 Å². The van der Waals surface area contributed by atoms with Crippen LogP contribution in [-0.2, 0) is 11.2 Å². The van der Waals surface area contributed by atoms with Gasteiger partial charge < -0.3 is 10.1 Å². The van der Waals surface area contributed by atoms with Crippen LogP contribution in [0.4, 0.5) is 5.82 Å². The number of nitrogens with one attached hydrogen (secondary N) is 1. The van der Waals surface area contributed by atoms with Crippen molar-refractivity contribution in [3.8, 4) is 0 Å². The average molecular weight is 207 g/mol. The van der Waals surface area contributed by atoms with Crippen molar-refractivity contribution in [2.24, 2.45) is 5.92 Å². The summed E-state index contributed by atoms with van der Waals surface area (Å²) < 4.78 is 5.10. The number of hydrogen-bond acceptors (Lipinski definition) is 4. The zero-order valence-electron chi connectivity index (χ0n) is 9.23. The molecule has 2 rings (SSSR count). The Morgan fingerprint density at radius 3 is 2.93 bits per heavy atom. The number of hydrogen-bond donors (Lipinski definition) is 1. The van der Waals surface area contributed by atoms with E-state index >= 15 is 0 Å². The van der Waals surface area contributed by atoms with Gasteiger partial charge in [0, 0.05) is 12.6 Å². The zero-order valence-corrected chi connectivity index (χ0v) is 9.23. The standard InChI is InChI=1S/C11H17N3O/c1-8(2)5-11-12-4-3-10(14-11)13-9-6-15-7-9/h3-4,8-9H,5-7H2,1-2H3,(H,12,13,14). The summed E-state index contributed by atoms with van der Waals surface area (Å²) in [6.07, 6.45) is 2.74. The first-order valence-corrected chi connectivity index (χ1v) is 5.40. The molecular weight excluding hydrogens is 190 g/mol. The third-order valence-corrected chi connectivity index (χ3v) is 2.29. The normalized spacial score (nSPS) is 16.5. The van der Waals surface area contributed by atoms with Gasteiger partial charge in [0.15, 0.2) is 0 Å². The molecule has 0 unspecified atom stereocenters. The van der Waals surface area contributed by atoms with Crippen LogP contribution in [0.25, 0.3) is 0 Å². The molecule has 1 N–H and O–H groups in total. The van der Waals surface area contributed by atoms with Gasteiger partial charge in [-0.15, -0.1) is 0 Å². The Morgan fingerprint density at radius 2 is 2.33 bits per heavy atom. The minimum Gasteiger partial charge on any atom is -0.377 e. The Balaban J connectivity index is 1.98. The quantitative estimate of drug-likeness (QED) is 0.812. The van der Waals surface area contributed by atoms with Crippen LogP contribution in [0.1, 0.15) is 19.7 Å². The molecule has 1 aromatic heterocycles. The van der Waals surface area contributed by atoms with Crippen LogP contribution in [0.2, 0.25) is 0 Å². The van der Waals surface area contributed by atoms with Gasteiger partial charge in [-0.2, -0.15) is 0 Å². The SMILES string of the molecule is CC(C)Cc1nccc(NC2COC2)n1. The molecule has 1 aliphatic heterocycles. The van der Waals surface area contributed by atoms with Gasteiger partial charge >= 0.3 is 0 Å². The molecule has 0 radical (unpaired) electrons. The van der Waals surface area contributed by atoms with E-state index in [2.05, 4.69) is 29.1 Å². The molecule has 0 atom stereocenters. The average Bonchev–Trinajstić information content (AvgIpc) is 2.11. The second-order valence-corrected chi connectivity index (χ2v) is 4.33. The van der Waals surface area contributed by atoms with E-state index < -0.39 is 0 Å². The molecule has 0 aliphatic carbocycles. The van der Waals surface area contributed by atoms with E-state index in [0.29, 0.717) is 12.0 Å². The molecule has 15 heavy (non-hydrogen) atoms. The lowest BCUT2D eigenvalue weighted by atomic mass is 10.1. The maximum atomic E-state index is 5.10. The van der Waals surface area contributed by atoms with Crippen LogP contribution < -0.4 is 5.32 Å². The van der Waals surface area contributed by atoms with E-state index in [4.69, 9.17) is 4.74 Å². The zero-order chi connectivity index (χ0) is 10.7. The summed E-state index contributed by atoms with van der Waals surface area (Å²) in [5, 5.41) is 3.32. The molecule has 0 saturated carbocycles. The first kappa shape index (κ1) is 10.4. The van der Waals surface area contributed by atoms with Gasteiger partial charge in [-0.05, 0) is 12.0 Å². The third-order valence-electron chi connectivity index (χ3n) is 2.29. The Kier molecular flexibility index (Phi) is 3.16. The number of aromatic nitrogens is 2. The molecule has 1 saturated heterocycles. The highest BCUT2D eigenvalue weighted by Crippen LogP contribution is 2.11. The van der Waals surface area contributed by atoms with E-state index in [0.717, 1.165) is 31.3 Å².